The SMILES string of the molecule is C.C.Cc1cccc(/C=C/C(C)(C)C)c1. The van der Waals surface area contributed by atoms with E-state index in [4.69, 9.17) is 0 Å². The van der Waals surface area contributed by atoms with Crippen LogP contribution in [-0.4, -0.2) is 0 Å². The summed E-state index contributed by atoms with van der Waals surface area (Å²) in [5.41, 5.74) is 2.87. The van der Waals surface area contributed by atoms with Crippen LogP contribution in [0.15, 0.2) is 30.3 Å². The lowest BCUT2D eigenvalue weighted by molar-refractivity contribution is 0.547. The minimum Gasteiger partial charge on any atom is -0.0785 e. The van der Waals surface area contributed by atoms with Crippen LogP contribution in [0.3, 0.4) is 0 Å². The number of allylic oxidation sites excluding steroid dienone is 1. The molecule has 1 aromatic carbocycles. The first-order valence-electron chi connectivity index (χ1n) is 4.73. The van der Waals surface area contributed by atoms with E-state index in [1.165, 1.54) is 11.1 Å². The van der Waals surface area contributed by atoms with Crippen molar-refractivity contribution < 1.29 is 0 Å². The number of hydrogen-bond donors (Lipinski definition) is 0. The van der Waals surface area contributed by atoms with Crippen molar-refractivity contribution in [1.82, 2.24) is 0 Å². The van der Waals surface area contributed by atoms with Crippen LogP contribution in [0.5, 0.6) is 0 Å². The normalized spacial score (nSPS) is 10.7. The lowest BCUT2D eigenvalue weighted by atomic mass is 9.95. The minimum absolute atomic E-state index is 0. The second-order valence-corrected chi connectivity index (χ2v) is 4.61. The first-order valence-corrected chi connectivity index (χ1v) is 4.73. The summed E-state index contributed by atoms with van der Waals surface area (Å²) < 4.78 is 0. The molecule has 0 aliphatic rings. The fraction of sp³-hybridized carbons (Fsp3) is 0.467. The Hall–Kier alpha value is -1.04. The van der Waals surface area contributed by atoms with Gasteiger partial charge >= 0.3 is 0 Å². The molecule has 0 saturated carbocycles. The maximum atomic E-state index is 2.24. The highest BCUT2D eigenvalue weighted by Crippen LogP contribution is 2.17. The highest BCUT2D eigenvalue weighted by Gasteiger charge is 2.02. The minimum atomic E-state index is 0. The van der Waals surface area contributed by atoms with E-state index in [1.54, 1.807) is 0 Å². The van der Waals surface area contributed by atoms with Crippen LogP contribution >= 0.6 is 0 Å². The van der Waals surface area contributed by atoms with E-state index in [1.807, 2.05) is 0 Å². The zero-order valence-electron chi connectivity index (χ0n) is 8.96. The van der Waals surface area contributed by atoms with E-state index in [-0.39, 0.29) is 20.3 Å². The Labute approximate surface area is 96.0 Å². The average molecular weight is 206 g/mol. The predicted molar refractivity (Wildman–Crippen MR) is 73.1 cm³/mol. The van der Waals surface area contributed by atoms with E-state index >= 15 is 0 Å². The molecule has 0 unspecified atom stereocenters. The van der Waals surface area contributed by atoms with Crippen LogP contribution in [0.2, 0.25) is 0 Å². The van der Waals surface area contributed by atoms with Crippen molar-refractivity contribution in [3.05, 3.63) is 41.5 Å². The topological polar surface area (TPSA) is 0 Å². The van der Waals surface area contributed by atoms with Crippen molar-refractivity contribution in [1.29, 1.82) is 0 Å². The fourth-order valence-electron chi connectivity index (χ4n) is 1.12. The van der Waals surface area contributed by atoms with Crippen LogP contribution in [0.4, 0.5) is 0 Å². The molecule has 0 heterocycles. The van der Waals surface area contributed by atoms with E-state index < -0.39 is 0 Å². The van der Waals surface area contributed by atoms with Gasteiger partial charge in [0.15, 0.2) is 0 Å². The predicted octanol–water partition coefficient (Wildman–Crippen LogP) is 5.33. The van der Waals surface area contributed by atoms with Crippen molar-refractivity contribution in [3.63, 3.8) is 0 Å². The molecule has 0 aromatic heterocycles. The molecule has 0 bridgehead atoms. The Bertz CT molecular complexity index is 300. The van der Waals surface area contributed by atoms with Crippen molar-refractivity contribution in [2.45, 2.75) is 42.5 Å². The standard InChI is InChI=1S/C13H18.2CH4/c1-11-6-5-7-12(10-11)8-9-13(2,3)4;;/h5-10H,1-4H3;2*1H4/b9-8+;;. The van der Waals surface area contributed by atoms with Crippen LogP contribution in [0.1, 0.15) is 46.8 Å². The summed E-state index contributed by atoms with van der Waals surface area (Å²) in [6.45, 7) is 8.74. The van der Waals surface area contributed by atoms with Gasteiger partial charge in [0.05, 0.1) is 0 Å². The van der Waals surface area contributed by atoms with E-state index in [9.17, 15) is 0 Å². The number of aryl methyl sites for hydroxylation is 1. The van der Waals surface area contributed by atoms with Gasteiger partial charge in [-0.1, -0.05) is 77.6 Å². The van der Waals surface area contributed by atoms with Gasteiger partial charge in [-0.2, -0.15) is 0 Å². The molecule has 0 nitrogen and oxygen atoms in total. The van der Waals surface area contributed by atoms with Crippen LogP contribution < -0.4 is 0 Å². The average Bonchev–Trinajstić information content (AvgIpc) is 2.00. The molecule has 0 saturated heterocycles. The zero-order chi connectivity index (χ0) is 9.90. The molecule has 0 heteroatoms. The zero-order valence-corrected chi connectivity index (χ0v) is 8.96. The highest BCUT2D eigenvalue weighted by atomic mass is 14.1. The maximum Gasteiger partial charge on any atom is -0.0200 e. The Morgan fingerprint density at radius 2 is 1.67 bits per heavy atom. The summed E-state index contributed by atoms with van der Waals surface area (Å²) in [5, 5.41) is 0. The third-order valence-electron chi connectivity index (χ3n) is 1.82. The first kappa shape index (κ1) is 16.4. The number of benzene rings is 1. The van der Waals surface area contributed by atoms with Gasteiger partial charge < -0.3 is 0 Å². The number of rotatable bonds is 1. The fourth-order valence-corrected chi connectivity index (χ4v) is 1.12. The summed E-state index contributed by atoms with van der Waals surface area (Å²) in [6, 6.07) is 8.55. The van der Waals surface area contributed by atoms with Gasteiger partial charge in [0.2, 0.25) is 0 Å². The molecular formula is C15H26. The quantitative estimate of drug-likeness (QED) is 0.583. The molecule has 0 N–H and O–H groups in total. The molecule has 0 radical (unpaired) electrons. The molecule has 1 aromatic rings. The smallest absolute Gasteiger partial charge is 0.0200 e. The molecule has 0 spiro atoms. The lowest BCUT2D eigenvalue weighted by Gasteiger charge is -2.10. The molecule has 86 valence electrons. The number of hydrogen-bond acceptors (Lipinski definition) is 0. The molecule has 0 aliphatic carbocycles. The van der Waals surface area contributed by atoms with Gasteiger partial charge in [0, 0.05) is 0 Å². The van der Waals surface area contributed by atoms with E-state index in [2.05, 4.69) is 64.1 Å². The van der Waals surface area contributed by atoms with Gasteiger partial charge in [-0.05, 0) is 17.9 Å². The van der Waals surface area contributed by atoms with Gasteiger partial charge in [-0.15, -0.1) is 0 Å². The molecule has 1 rings (SSSR count). The Morgan fingerprint density at radius 3 is 2.13 bits per heavy atom. The largest absolute Gasteiger partial charge is 0.0785 e. The monoisotopic (exact) mass is 206 g/mol. The summed E-state index contributed by atoms with van der Waals surface area (Å²) in [4.78, 5) is 0. The van der Waals surface area contributed by atoms with Crippen molar-refractivity contribution in [2.75, 3.05) is 0 Å². The third-order valence-corrected chi connectivity index (χ3v) is 1.82. The third kappa shape index (κ3) is 6.96. The van der Waals surface area contributed by atoms with Crippen LogP contribution in [-0.2, 0) is 0 Å². The van der Waals surface area contributed by atoms with Crippen LogP contribution in [0.25, 0.3) is 6.08 Å². The Kier molecular flexibility index (Phi) is 7.04. The summed E-state index contributed by atoms with van der Waals surface area (Å²) in [6.07, 6.45) is 4.43. The molecule has 15 heavy (non-hydrogen) atoms. The van der Waals surface area contributed by atoms with Crippen molar-refractivity contribution >= 4 is 6.08 Å². The first-order chi connectivity index (χ1) is 5.97. The van der Waals surface area contributed by atoms with Crippen LogP contribution in [0, 0.1) is 12.3 Å². The van der Waals surface area contributed by atoms with Gasteiger partial charge in [0.1, 0.15) is 0 Å². The Morgan fingerprint density at radius 1 is 1.07 bits per heavy atom. The van der Waals surface area contributed by atoms with E-state index in [0.717, 1.165) is 0 Å². The maximum absolute atomic E-state index is 2.24. The lowest BCUT2D eigenvalue weighted by Crippen LogP contribution is -1.97. The van der Waals surface area contributed by atoms with Gasteiger partial charge in [-0.3, -0.25) is 0 Å². The summed E-state index contributed by atoms with van der Waals surface area (Å²) >= 11 is 0. The Balaban J connectivity index is 0. The molecule has 0 atom stereocenters. The molecule has 0 fully saturated rings. The molecular weight excluding hydrogens is 180 g/mol. The summed E-state index contributed by atoms with van der Waals surface area (Å²) in [7, 11) is 0. The van der Waals surface area contributed by atoms with Gasteiger partial charge in [-0.25, -0.2) is 0 Å². The highest BCUT2D eigenvalue weighted by molar-refractivity contribution is 5.50. The molecule has 0 aliphatic heterocycles. The summed E-state index contributed by atoms with van der Waals surface area (Å²) in [5.74, 6) is 0. The van der Waals surface area contributed by atoms with Gasteiger partial charge in [0.25, 0.3) is 0 Å². The second-order valence-electron chi connectivity index (χ2n) is 4.61. The van der Waals surface area contributed by atoms with Crippen molar-refractivity contribution in [3.8, 4) is 0 Å². The molecule has 0 amide bonds. The second kappa shape index (κ2) is 6.44. The van der Waals surface area contributed by atoms with Crippen molar-refractivity contribution in [2.24, 2.45) is 5.41 Å². The van der Waals surface area contributed by atoms with E-state index in [0.29, 0.717) is 0 Å².